The van der Waals surface area contributed by atoms with Gasteiger partial charge < -0.3 is 15.3 Å². The van der Waals surface area contributed by atoms with Crippen LogP contribution in [0.1, 0.15) is 6.42 Å². The standard InChI is InChI=1S/C18H20N4O2S/c1-23-16-11-6-5-10-15(16)17-20-21-18(22(17)19)25-13-7-12-24-14-8-3-2-4-9-14/h2-6,8-11H,7,12-13,19H2,1H3. The third-order valence-corrected chi connectivity index (χ3v) is 4.57. The highest BCUT2D eigenvalue weighted by atomic mass is 32.2. The van der Waals surface area contributed by atoms with E-state index < -0.39 is 0 Å². The van der Waals surface area contributed by atoms with Crippen LogP contribution < -0.4 is 15.3 Å². The van der Waals surface area contributed by atoms with Crippen molar-refractivity contribution in [1.29, 1.82) is 0 Å². The van der Waals surface area contributed by atoms with Crippen molar-refractivity contribution in [2.75, 3.05) is 25.3 Å². The van der Waals surface area contributed by atoms with E-state index in [9.17, 15) is 0 Å². The Labute approximate surface area is 150 Å². The molecule has 6 nitrogen and oxygen atoms in total. The number of rotatable bonds is 8. The van der Waals surface area contributed by atoms with Gasteiger partial charge in [0.1, 0.15) is 11.5 Å². The molecule has 1 heterocycles. The zero-order valence-corrected chi connectivity index (χ0v) is 14.8. The van der Waals surface area contributed by atoms with Crippen LogP contribution in [0.5, 0.6) is 11.5 Å². The van der Waals surface area contributed by atoms with Gasteiger partial charge >= 0.3 is 0 Å². The average Bonchev–Trinajstić information content (AvgIpc) is 3.03. The second-order valence-corrected chi connectivity index (χ2v) is 6.30. The van der Waals surface area contributed by atoms with Crippen LogP contribution in [0, 0.1) is 0 Å². The van der Waals surface area contributed by atoms with Gasteiger partial charge in [-0.3, -0.25) is 0 Å². The van der Waals surface area contributed by atoms with E-state index >= 15 is 0 Å². The molecule has 3 rings (SSSR count). The van der Waals surface area contributed by atoms with Gasteiger partial charge in [-0.1, -0.05) is 42.1 Å². The molecule has 25 heavy (non-hydrogen) atoms. The van der Waals surface area contributed by atoms with Crippen molar-refractivity contribution >= 4 is 11.8 Å². The molecule has 0 aliphatic heterocycles. The van der Waals surface area contributed by atoms with Crippen molar-refractivity contribution in [2.45, 2.75) is 11.6 Å². The van der Waals surface area contributed by atoms with Gasteiger partial charge in [0.2, 0.25) is 5.16 Å². The third-order valence-electron chi connectivity index (χ3n) is 3.54. The summed E-state index contributed by atoms with van der Waals surface area (Å²) in [5.41, 5.74) is 0.819. The summed E-state index contributed by atoms with van der Waals surface area (Å²) in [5, 5.41) is 9.04. The molecule has 0 aliphatic carbocycles. The van der Waals surface area contributed by atoms with Gasteiger partial charge in [0.05, 0.1) is 19.3 Å². The first-order chi connectivity index (χ1) is 12.3. The number of methoxy groups -OCH3 is 1. The molecule has 0 saturated heterocycles. The molecule has 0 aliphatic rings. The predicted molar refractivity (Wildman–Crippen MR) is 99.4 cm³/mol. The summed E-state index contributed by atoms with van der Waals surface area (Å²) >= 11 is 1.55. The summed E-state index contributed by atoms with van der Waals surface area (Å²) in [5.74, 6) is 9.17. The first kappa shape index (κ1) is 17.2. The van der Waals surface area contributed by atoms with Crippen molar-refractivity contribution in [3.05, 3.63) is 54.6 Å². The lowest BCUT2D eigenvalue weighted by Crippen LogP contribution is -2.12. The number of benzene rings is 2. The number of nitrogen functional groups attached to an aromatic ring is 1. The van der Waals surface area contributed by atoms with E-state index in [1.165, 1.54) is 4.68 Å². The van der Waals surface area contributed by atoms with E-state index in [0.29, 0.717) is 17.6 Å². The first-order valence-electron chi connectivity index (χ1n) is 7.94. The molecule has 0 radical (unpaired) electrons. The minimum atomic E-state index is 0.584. The fourth-order valence-electron chi connectivity index (χ4n) is 2.32. The minimum absolute atomic E-state index is 0.584. The van der Waals surface area contributed by atoms with Gasteiger partial charge in [0, 0.05) is 5.75 Å². The monoisotopic (exact) mass is 356 g/mol. The Morgan fingerprint density at radius 2 is 1.80 bits per heavy atom. The summed E-state index contributed by atoms with van der Waals surface area (Å²) in [7, 11) is 1.62. The molecule has 0 bridgehead atoms. The highest BCUT2D eigenvalue weighted by molar-refractivity contribution is 7.99. The number of nitrogens with zero attached hydrogens (tertiary/aromatic N) is 3. The molecule has 2 N–H and O–H groups in total. The number of hydrogen-bond donors (Lipinski definition) is 1. The number of para-hydroxylation sites is 2. The summed E-state index contributed by atoms with van der Waals surface area (Å²) < 4.78 is 12.5. The van der Waals surface area contributed by atoms with Crippen LogP contribution in [0.2, 0.25) is 0 Å². The maximum atomic E-state index is 6.15. The fourth-order valence-corrected chi connectivity index (χ4v) is 3.09. The van der Waals surface area contributed by atoms with E-state index in [4.69, 9.17) is 15.3 Å². The molecule has 0 unspecified atom stereocenters. The number of hydrogen-bond acceptors (Lipinski definition) is 6. The molecule has 130 valence electrons. The molecule has 3 aromatic rings. The summed E-state index contributed by atoms with van der Waals surface area (Å²) in [6.45, 7) is 0.648. The van der Waals surface area contributed by atoms with Crippen molar-refractivity contribution in [3.63, 3.8) is 0 Å². The van der Waals surface area contributed by atoms with E-state index in [1.54, 1.807) is 18.9 Å². The van der Waals surface area contributed by atoms with E-state index in [1.807, 2.05) is 54.6 Å². The molecule has 7 heteroatoms. The lowest BCUT2D eigenvalue weighted by atomic mass is 10.2. The highest BCUT2D eigenvalue weighted by Gasteiger charge is 2.15. The Bertz CT molecular complexity index is 808. The molecular formula is C18H20N4O2S. The predicted octanol–water partition coefficient (Wildman–Crippen LogP) is 3.23. The quantitative estimate of drug-likeness (QED) is 0.379. The Morgan fingerprint density at radius 1 is 1.04 bits per heavy atom. The highest BCUT2D eigenvalue weighted by Crippen LogP contribution is 2.29. The average molecular weight is 356 g/mol. The molecule has 0 spiro atoms. The zero-order chi connectivity index (χ0) is 17.5. The maximum absolute atomic E-state index is 6.15. The number of thioether (sulfide) groups is 1. The Balaban J connectivity index is 1.55. The zero-order valence-electron chi connectivity index (χ0n) is 14.0. The lowest BCUT2D eigenvalue weighted by molar-refractivity contribution is 0.318. The van der Waals surface area contributed by atoms with Crippen LogP contribution in [0.15, 0.2) is 59.8 Å². The van der Waals surface area contributed by atoms with Crippen molar-refractivity contribution in [2.24, 2.45) is 0 Å². The molecule has 0 saturated carbocycles. The number of aromatic nitrogens is 3. The van der Waals surface area contributed by atoms with Crippen LogP contribution in [-0.4, -0.2) is 34.3 Å². The second kappa shape index (κ2) is 8.43. The van der Waals surface area contributed by atoms with Crippen LogP contribution >= 0.6 is 11.8 Å². The van der Waals surface area contributed by atoms with E-state index in [0.717, 1.165) is 29.2 Å². The number of nitrogens with two attached hydrogens (primary N) is 1. The van der Waals surface area contributed by atoms with Gasteiger partial charge in [0.15, 0.2) is 5.82 Å². The SMILES string of the molecule is COc1ccccc1-c1nnc(SCCCOc2ccccc2)n1N. The first-order valence-corrected chi connectivity index (χ1v) is 8.92. The van der Waals surface area contributed by atoms with Gasteiger partial charge in [-0.15, -0.1) is 10.2 Å². The smallest absolute Gasteiger partial charge is 0.210 e. The Kier molecular flexibility index (Phi) is 5.79. The fraction of sp³-hybridized carbons (Fsp3) is 0.222. The molecule has 0 atom stereocenters. The largest absolute Gasteiger partial charge is 0.496 e. The third kappa shape index (κ3) is 4.24. The van der Waals surface area contributed by atoms with Crippen LogP contribution in [-0.2, 0) is 0 Å². The van der Waals surface area contributed by atoms with Crippen LogP contribution in [0.25, 0.3) is 11.4 Å². The van der Waals surface area contributed by atoms with Crippen molar-refractivity contribution in [1.82, 2.24) is 14.9 Å². The molecule has 1 aromatic heterocycles. The summed E-state index contributed by atoms with van der Waals surface area (Å²) in [6.07, 6.45) is 0.885. The molecule has 2 aromatic carbocycles. The Morgan fingerprint density at radius 3 is 2.60 bits per heavy atom. The van der Waals surface area contributed by atoms with Crippen LogP contribution in [0.3, 0.4) is 0 Å². The normalized spacial score (nSPS) is 10.6. The number of ether oxygens (including phenoxy) is 2. The van der Waals surface area contributed by atoms with Crippen molar-refractivity contribution in [3.8, 4) is 22.9 Å². The van der Waals surface area contributed by atoms with E-state index in [-0.39, 0.29) is 0 Å². The summed E-state index contributed by atoms with van der Waals surface area (Å²) in [4.78, 5) is 0. The summed E-state index contributed by atoms with van der Waals surface area (Å²) in [6, 6.07) is 17.4. The minimum Gasteiger partial charge on any atom is -0.496 e. The van der Waals surface area contributed by atoms with E-state index in [2.05, 4.69) is 10.2 Å². The topological polar surface area (TPSA) is 75.2 Å². The molecule has 0 amide bonds. The molecule has 0 fully saturated rings. The van der Waals surface area contributed by atoms with Gasteiger partial charge in [-0.25, -0.2) is 4.68 Å². The van der Waals surface area contributed by atoms with Crippen molar-refractivity contribution < 1.29 is 9.47 Å². The van der Waals surface area contributed by atoms with Gasteiger partial charge in [0.25, 0.3) is 0 Å². The maximum Gasteiger partial charge on any atom is 0.210 e. The lowest BCUT2D eigenvalue weighted by Gasteiger charge is -2.08. The van der Waals surface area contributed by atoms with Gasteiger partial charge in [-0.2, -0.15) is 0 Å². The van der Waals surface area contributed by atoms with Gasteiger partial charge in [-0.05, 0) is 30.7 Å². The Hall–Kier alpha value is -2.67. The second-order valence-electron chi connectivity index (χ2n) is 5.24. The van der Waals surface area contributed by atoms with Crippen LogP contribution in [0.4, 0.5) is 0 Å². The molecular weight excluding hydrogens is 336 g/mol.